The molecule has 0 amide bonds. The first-order chi connectivity index (χ1) is 10.5. The summed E-state index contributed by atoms with van der Waals surface area (Å²) < 4.78 is 54.7. The van der Waals surface area contributed by atoms with Crippen molar-refractivity contribution in [2.24, 2.45) is 0 Å². The van der Waals surface area contributed by atoms with Gasteiger partial charge in [-0.25, -0.2) is 26.2 Å². The summed E-state index contributed by atoms with van der Waals surface area (Å²) in [4.78, 5) is 3.95. The van der Waals surface area contributed by atoms with Gasteiger partial charge in [0.2, 0.25) is 16.0 Å². The summed E-state index contributed by atoms with van der Waals surface area (Å²) in [6, 6.07) is 3.47. The predicted molar refractivity (Wildman–Crippen MR) is 75.8 cm³/mol. The first-order valence-electron chi connectivity index (χ1n) is 6.80. The molecule has 118 valence electrons. The van der Waals surface area contributed by atoms with Crippen molar-refractivity contribution in [1.82, 2.24) is 14.8 Å². The molecule has 0 spiro atoms. The molecule has 0 fully saturated rings. The first kappa shape index (κ1) is 14.9. The zero-order valence-corrected chi connectivity index (χ0v) is 12.4. The second kappa shape index (κ2) is 5.64. The van der Waals surface area contributed by atoms with E-state index >= 15 is 0 Å². The fourth-order valence-corrected chi connectivity index (χ4v) is 3.93. The van der Waals surface area contributed by atoms with Crippen LogP contribution < -0.4 is 4.31 Å². The molecule has 22 heavy (non-hydrogen) atoms. The van der Waals surface area contributed by atoms with E-state index < -0.39 is 27.4 Å². The van der Waals surface area contributed by atoms with Gasteiger partial charge in [-0.3, -0.25) is 0 Å². The Morgan fingerprint density at radius 2 is 1.91 bits per heavy atom. The lowest BCUT2D eigenvalue weighted by molar-refractivity contribution is 0.528. The smallest absolute Gasteiger partial charge is 0.237 e. The van der Waals surface area contributed by atoms with Crippen LogP contribution in [0.1, 0.15) is 12.0 Å². The molecule has 0 unspecified atom stereocenters. The zero-order valence-electron chi connectivity index (χ0n) is 11.6. The molecule has 9 heteroatoms. The van der Waals surface area contributed by atoms with Crippen LogP contribution in [-0.4, -0.2) is 35.5 Å². The van der Waals surface area contributed by atoms with Crippen LogP contribution in [0.5, 0.6) is 0 Å². The second-order valence-corrected chi connectivity index (χ2v) is 6.99. The molecular weight excluding hydrogens is 314 g/mol. The van der Waals surface area contributed by atoms with Gasteiger partial charge in [-0.05, 0) is 25.0 Å². The molecule has 2 aromatic rings. The number of hydrogen-bond donors (Lipinski definition) is 0. The molecule has 3 rings (SSSR count). The number of aryl methyl sites for hydroxylation is 1. The number of nitrogens with zero attached hydrogens (tertiary/aromatic N) is 4. The monoisotopic (exact) mass is 328 g/mol. The lowest BCUT2D eigenvalue weighted by Gasteiger charge is -2.27. The van der Waals surface area contributed by atoms with E-state index in [0.717, 1.165) is 16.4 Å². The van der Waals surface area contributed by atoms with Gasteiger partial charge in [0.15, 0.2) is 0 Å². The van der Waals surface area contributed by atoms with E-state index in [1.54, 1.807) is 0 Å². The fourth-order valence-electron chi connectivity index (χ4n) is 2.45. The van der Waals surface area contributed by atoms with E-state index in [-0.39, 0.29) is 17.9 Å². The van der Waals surface area contributed by atoms with Crippen LogP contribution in [0.2, 0.25) is 0 Å². The Balaban J connectivity index is 1.81. The maximum Gasteiger partial charge on any atom is 0.237 e. The topological polar surface area (TPSA) is 68.1 Å². The largest absolute Gasteiger partial charge is 0.238 e. The standard InChI is InChI=1S/C13H14F2N4O2S/c14-11-3-1-4-12(15)10(11)5-8-22(20,21)19-7-2-6-18-13(19)16-9-17-18/h1,3-4,9H,2,5-8H2. The molecule has 2 heterocycles. The number of rotatable bonds is 4. The normalized spacial score (nSPS) is 14.9. The van der Waals surface area contributed by atoms with Gasteiger partial charge in [-0.15, -0.1) is 0 Å². The third kappa shape index (κ3) is 2.68. The minimum absolute atomic E-state index is 0.218. The molecule has 1 aliphatic rings. The molecule has 0 aliphatic carbocycles. The summed E-state index contributed by atoms with van der Waals surface area (Å²) in [5.74, 6) is -1.62. The molecule has 0 saturated heterocycles. The van der Waals surface area contributed by atoms with Crippen LogP contribution in [0.4, 0.5) is 14.7 Å². The van der Waals surface area contributed by atoms with Crippen molar-refractivity contribution in [3.8, 4) is 0 Å². The van der Waals surface area contributed by atoms with Crippen molar-refractivity contribution in [3.63, 3.8) is 0 Å². The van der Waals surface area contributed by atoms with Gasteiger partial charge in [0.1, 0.15) is 18.0 Å². The van der Waals surface area contributed by atoms with Crippen molar-refractivity contribution in [2.75, 3.05) is 16.6 Å². The van der Waals surface area contributed by atoms with Crippen LogP contribution in [0, 0.1) is 11.6 Å². The highest BCUT2D eigenvalue weighted by atomic mass is 32.2. The van der Waals surface area contributed by atoms with Gasteiger partial charge >= 0.3 is 0 Å². The minimum atomic E-state index is -3.72. The van der Waals surface area contributed by atoms with E-state index in [0.29, 0.717) is 19.5 Å². The average Bonchev–Trinajstić information content (AvgIpc) is 2.94. The maximum atomic E-state index is 13.6. The third-order valence-electron chi connectivity index (χ3n) is 3.56. The van der Waals surface area contributed by atoms with E-state index in [1.165, 1.54) is 17.1 Å². The molecule has 0 radical (unpaired) electrons. The Morgan fingerprint density at radius 3 is 2.64 bits per heavy atom. The van der Waals surface area contributed by atoms with Crippen molar-refractivity contribution >= 4 is 16.0 Å². The SMILES string of the molecule is O=S(=O)(CCc1c(F)cccc1F)N1CCCn2ncnc21. The Bertz CT molecular complexity index is 771. The highest BCUT2D eigenvalue weighted by Crippen LogP contribution is 2.22. The molecule has 6 nitrogen and oxygen atoms in total. The van der Waals surface area contributed by atoms with Crippen molar-refractivity contribution in [1.29, 1.82) is 0 Å². The van der Waals surface area contributed by atoms with E-state index in [1.807, 2.05) is 0 Å². The number of fused-ring (bicyclic) bond motifs is 1. The average molecular weight is 328 g/mol. The highest BCUT2D eigenvalue weighted by molar-refractivity contribution is 7.92. The molecular formula is C13H14F2N4O2S. The quantitative estimate of drug-likeness (QED) is 0.849. The van der Waals surface area contributed by atoms with E-state index in [9.17, 15) is 17.2 Å². The van der Waals surface area contributed by atoms with Gasteiger partial charge < -0.3 is 0 Å². The van der Waals surface area contributed by atoms with E-state index in [2.05, 4.69) is 10.1 Å². The van der Waals surface area contributed by atoms with Gasteiger partial charge in [0, 0.05) is 18.7 Å². The van der Waals surface area contributed by atoms with Crippen LogP contribution in [0.25, 0.3) is 0 Å². The second-order valence-electron chi connectivity index (χ2n) is 4.98. The molecule has 0 saturated carbocycles. The van der Waals surface area contributed by atoms with Crippen molar-refractivity contribution in [2.45, 2.75) is 19.4 Å². The minimum Gasteiger partial charge on any atom is -0.238 e. The Kier molecular flexibility index (Phi) is 3.81. The number of sulfonamides is 1. The zero-order chi connectivity index (χ0) is 15.7. The van der Waals surface area contributed by atoms with Crippen molar-refractivity contribution in [3.05, 3.63) is 41.7 Å². The molecule has 0 atom stereocenters. The summed E-state index contributed by atoms with van der Waals surface area (Å²) in [6.45, 7) is 0.893. The summed E-state index contributed by atoms with van der Waals surface area (Å²) >= 11 is 0. The third-order valence-corrected chi connectivity index (χ3v) is 5.29. The summed E-state index contributed by atoms with van der Waals surface area (Å²) in [5.41, 5.74) is -0.218. The number of aromatic nitrogens is 3. The van der Waals surface area contributed by atoms with Crippen molar-refractivity contribution < 1.29 is 17.2 Å². The van der Waals surface area contributed by atoms with Crippen LogP contribution in [0.15, 0.2) is 24.5 Å². The lowest BCUT2D eigenvalue weighted by atomic mass is 10.1. The van der Waals surface area contributed by atoms with Gasteiger partial charge in [0.05, 0.1) is 5.75 Å². The number of benzene rings is 1. The summed E-state index contributed by atoms with van der Waals surface area (Å²) in [5, 5.41) is 3.95. The number of anilines is 1. The Hall–Kier alpha value is -2.03. The summed E-state index contributed by atoms with van der Waals surface area (Å²) in [7, 11) is -3.72. The number of halogens is 2. The van der Waals surface area contributed by atoms with Gasteiger partial charge in [0.25, 0.3) is 0 Å². The van der Waals surface area contributed by atoms with E-state index in [4.69, 9.17) is 0 Å². The van der Waals surface area contributed by atoms with Crippen LogP contribution >= 0.6 is 0 Å². The molecule has 1 aromatic heterocycles. The van der Waals surface area contributed by atoms with Crippen LogP contribution in [-0.2, 0) is 23.0 Å². The fraction of sp³-hybridized carbons (Fsp3) is 0.385. The summed E-state index contributed by atoms with van der Waals surface area (Å²) in [6.07, 6.45) is 1.68. The molecule has 0 bridgehead atoms. The Labute approximate surface area is 126 Å². The van der Waals surface area contributed by atoms with Gasteiger partial charge in [-0.2, -0.15) is 10.1 Å². The molecule has 0 N–H and O–H groups in total. The Morgan fingerprint density at radius 1 is 1.18 bits per heavy atom. The lowest BCUT2D eigenvalue weighted by Crippen LogP contribution is -2.40. The predicted octanol–water partition coefficient (Wildman–Crippen LogP) is 1.34. The first-order valence-corrected chi connectivity index (χ1v) is 8.41. The molecule has 1 aliphatic heterocycles. The molecule has 1 aromatic carbocycles. The maximum absolute atomic E-state index is 13.6. The number of hydrogen-bond acceptors (Lipinski definition) is 4. The van der Waals surface area contributed by atoms with Crippen LogP contribution in [0.3, 0.4) is 0 Å². The van der Waals surface area contributed by atoms with Gasteiger partial charge in [-0.1, -0.05) is 6.07 Å². The highest BCUT2D eigenvalue weighted by Gasteiger charge is 2.29.